The molecule has 0 saturated heterocycles. The number of hydrogen-bond acceptors (Lipinski definition) is 2. The normalized spacial score (nSPS) is 10.8. The summed E-state index contributed by atoms with van der Waals surface area (Å²) in [6.07, 6.45) is 3.55. The molecule has 0 saturated carbocycles. The lowest BCUT2D eigenvalue weighted by molar-refractivity contribution is 0.0976. The molecule has 0 amide bonds. The monoisotopic (exact) mass is 413 g/mol. The Balaban J connectivity index is 1.52. The summed E-state index contributed by atoms with van der Waals surface area (Å²) in [6, 6.07) is 19.2. The van der Waals surface area contributed by atoms with Crippen LogP contribution in [0.2, 0.25) is 5.02 Å². The van der Waals surface area contributed by atoms with Crippen LogP contribution >= 0.6 is 11.6 Å². The number of aromatic nitrogens is 2. The van der Waals surface area contributed by atoms with Crippen molar-refractivity contribution in [1.82, 2.24) is 9.38 Å². The molecule has 0 atom stereocenters. The van der Waals surface area contributed by atoms with Gasteiger partial charge in [-0.25, -0.2) is 9.83 Å². The molecule has 30 heavy (non-hydrogen) atoms. The Hall–Kier alpha value is -3.42. The summed E-state index contributed by atoms with van der Waals surface area (Å²) < 4.78 is 1.83. The molecule has 0 spiro atoms. The van der Waals surface area contributed by atoms with E-state index in [1.165, 1.54) is 0 Å². The van der Waals surface area contributed by atoms with E-state index in [2.05, 4.69) is 9.83 Å². The maximum atomic E-state index is 13.0. The van der Waals surface area contributed by atoms with Crippen molar-refractivity contribution in [3.05, 3.63) is 100 Å². The highest BCUT2D eigenvalue weighted by molar-refractivity contribution is 6.30. The number of nitrogens with zero attached hydrogens (tertiary/aromatic N) is 3. The van der Waals surface area contributed by atoms with Crippen LogP contribution in [0.15, 0.2) is 66.9 Å². The van der Waals surface area contributed by atoms with Crippen LogP contribution in [0.1, 0.15) is 35.1 Å². The maximum absolute atomic E-state index is 13.0. The van der Waals surface area contributed by atoms with E-state index in [-0.39, 0.29) is 5.78 Å². The van der Waals surface area contributed by atoms with Crippen LogP contribution in [-0.2, 0) is 12.8 Å². The summed E-state index contributed by atoms with van der Waals surface area (Å²) in [5, 5.41) is 0.606. The van der Waals surface area contributed by atoms with Gasteiger partial charge in [-0.05, 0) is 35.6 Å². The quantitative estimate of drug-likeness (QED) is 0.264. The van der Waals surface area contributed by atoms with Crippen molar-refractivity contribution in [2.24, 2.45) is 0 Å². The molecule has 0 aliphatic heterocycles. The van der Waals surface area contributed by atoms with E-state index in [4.69, 9.17) is 18.2 Å². The van der Waals surface area contributed by atoms with Crippen LogP contribution in [0.5, 0.6) is 0 Å². The first-order chi connectivity index (χ1) is 14.6. The predicted octanol–water partition coefficient (Wildman–Crippen LogP) is 6.58. The SMILES string of the molecule is [C-]#[N+]c1ccccc1-c1ccc(CCC(=O)c2c(CC)nc3cc(Cl)ccn23)cc1. The Kier molecular flexibility index (Phi) is 5.65. The Morgan fingerprint density at radius 2 is 1.90 bits per heavy atom. The number of ketones is 1. The molecular weight excluding hydrogens is 394 g/mol. The second-order valence-corrected chi connectivity index (χ2v) is 7.52. The first-order valence-corrected chi connectivity index (χ1v) is 10.2. The minimum absolute atomic E-state index is 0.0732. The second kappa shape index (κ2) is 8.52. The van der Waals surface area contributed by atoms with Crippen LogP contribution in [0, 0.1) is 6.57 Å². The fourth-order valence-electron chi connectivity index (χ4n) is 3.65. The van der Waals surface area contributed by atoms with Gasteiger partial charge in [-0.1, -0.05) is 67.1 Å². The maximum Gasteiger partial charge on any atom is 0.194 e. The van der Waals surface area contributed by atoms with E-state index in [0.29, 0.717) is 41.3 Å². The van der Waals surface area contributed by atoms with Gasteiger partial charge in [0.1, 0.15) is 11.3 Å². The van der Waals surface area contributed by atoms with Crippen molar-refractivity contribution in [3.63, 3.8) is 0 Å². The molecule has 0 fully saturated rings. The average molecular weight is 414 g/mol. The summed E-state index contributed by atoms with van der Waals surface area (Å²) in [6.45, 7) is 9.33. The van der Waals surface area contributed by atoms with Gasteiger partial charge in [0.2, 0.25) is 0 Å². The van der Waals surface area contributed by atoms with E-state index >= 15 is 0 Å². The molecule has 0 unspecified atom stereocenters. The Labute approximate surface area is 180 Å². The van der Waals surface area contributed by atoms with Crippen molar-refractivity contribution < 1.29 is 4.79 Å². The van der Waals surface area contributed by atoms with Gasteiger partial charge in [0.25, 0.3) is 0 Å². The van der Waals surface area contributed by atoms with Gasteiger partial charge in [0.05, 0.1) is 12.3 Å². The topological polar surface area (TPSA) is 38.7 Å². The van der Waals surface area contributed by atoms with Crippen LogP contribution < -0.4 is 0 Å². The molecule has 0 aliphatic rings. The van der Waals surface area contributed by atoms with Gasteiger partial charge in [-0.15, -0.1) is 0 Å². The van der Waals surface area contributed by atoms with Gasteiger partial charge in [0, 0.05) is 23.7 Å². The first-order valence-electron chi connectivity index (χ1n) is 9.86. The third-order valence-corrected chi connectivity index (χ3v) is 5.42. The Morgan fingerprint density at radius 1 is 1.13 bits per heavy atom. The highest BCUT2D eigenvalue weighted by Crippen LogP contribution is 2.30. The average Bonchev–Trinajstić information content (AvgIpc) is 3.15. The van der Waals surface area contributed by atoms with Crippen LogP contribution in [0.3, 0.4) is 0 Å². The van der Waals surface area contributed by atoms with Crippen LogP contribution in [0.25, 0.3) is 21.6 Å². The van der Waals surface area contributed by atoms with Crippen molar-refractivity contribution in [2.75, 3.05) is 0 Å². The van der Waals surface area contributed by atoms with Crippen molar-refractivity contribution in [3.8, 4) is 11.1 Å². The molecular formula is C25H20ClN3O. The number of benzene rings is 2. The Morgan fingerprint density at radius 3 is 2.63 bits per heavy atom. The number of Topliss-reactive ketones (excluding diaryl/α,β-unsaturated/α-hetero) is 1. The summed E-state index contributed by atoms with van der Waals surface area (Å²) in [5.74, 6) is 0.0732. The van der Waals surface area contributed by atoms with E-state index < -0.39 is 0 Å². The van der Waals surface area contributed by atoms with Crippen LogP contribution in [0.4, 0.5) is 5.69 Å². The van der Waals surface area contributed by atoms with E-state index in [9.17, 15) is 4.79 Å². The zero-order valence-corrected chi connectivity index (χ0v) is 17.4. The zero-order chi connectivity index (χ0) is 21.1. The number of fused-ring (bicyclic) bond motifs is 1. The molecule has 2 aromatic carbocycles. The summed E-state index contributed by atoms with van der Waals surface area (Å²) in [4.78, 5) is 21.2. The van der Waals surface area contributed by atoms with Gasteiger partial charge >= 0.3 is 0 Å². The molecule has 4 nitrogen and oxygen atoms in total. The lowest BCUT2D eigenvalue weighted by Gasteiger charge is -2.07. The molecule has 0 bridgehead atoms. The minimum atomic E-state index is 0.0732. The van der Waals surface area contributed by atoms with E-state index in [1.54, 1.807) is 18.3 Å². The highest BCUT2D eigenvalue weighted by Gasteiger charge is 2.18. The summed E-state index contributed by atoms with van der Waals surface area (Å²) in [5.41, 5.74) is 5.80. The van der Waals surface area contributed by atoms with Gasteiger partial charge in [-0.2, -0.15) is 0 Å². The van der Waals surface area contributed by atoms with Gasteiger partial charge in [-0.3, -0.25) is 9.20 Å². The van der Waals surface area contributed by atoms with Crippen molar-refractivity contribution >= 4 is 28.7 Å². The smallest absolute Gasteiger partial charge is 0.194 e. The van der Waals surface area contributed by atoms with E-state index in [0.717, 1.165) is 22.4 Å². The number of imidazole rings is 1. The fraction of sp³-hybridized carbons (Fsp3) is 0.160. The lowest BCUT2D eigenvalue weighted by atomic mass is 9.99. The number of pyridine rings is 1. The minimum Gasteiger partial charge on any atom is -0.297 e. The fourth-order valence-corrected chi connectivity index (χ4v) is 3.81. The van der Waals surface area contributed by atoms with Crippen LogP contribution in [-0.4, -0.2) is 15.2 Å². The molecule has 4 aromatic rings. The first kappa shape index (κ1) is 19.9. The third kappa shape index (κ3) is 3.85. The second-order valence-electron chi connectivity index (χ2n) is 7.08. The largest absolute Gasteiger partial charge is 0.297 e. The number of para-hydroxylation sites is 1. The summed E-state index contributed by atoms with van der Waals surface area (Å²) in [7, 11) is 0. The number of rotatable bonds is 6. The van der Waals surface area contributed by atoms with Gasteiger partial charge < -0.3 is 0 Å². The zero-order valence-electron chi connectivity index (χ0n) is 16.6. The van der Waals surface area contributed by atoms with Crippen molar-refractivity contribution in [1.29, 1.82) is 0 Å². The third-order valence-electron chi connectivity index (χ3n) is 5.19. The Bertz CT molecular complexity index is 1270. The number of carbonyl (C=O) groups is 1. The number of aryl methyl sites for hydroxylation is 2. The molecule has 2 aromatic heterocycles. The molecule has 5 heteroatoms. The molecule has 148 valence electrons. The molecule has 2 heterocycles. The standard InChI is InChI=1S/C25H20ClN3O/c1-3-21-25(29-15-14-19(26)16-24(29)28-21)23(30)13-10-17-8-11-18(12-9-17)20-6-4-5-7-22(20)27-2/h4-9,11-12,14-16H,3,10,13H2,1H3. The highest BCUT2D eigenvalue weighted by atomic mass is 35.5. The molecule has 0 radical (unpaired) electrons. The molecule has 0 aliphatic carbocycles. The number of halogens is 1. The van der Waals surface area contributed by atoms with E-state index in [1.807, 2.05) is 59.9 Å². The lowest BCUT2D eigenvalue weighted by Crippen LogP contribution is -2.07. The molecule has 4 rings (SSSR count). The van der Waals surface area contributed by atoms with Crippen molar-refractivity contribution in [2.45, 2.75) is 26.2 Å². The molecule has 0 N–H and O–H groups in total. The predicted molar refractivity (Wildman–Crippen MR) is 120 cm³/mol. The van der Waals surface area contributed by atoms with Gasteiger partial charge in [0.15, 0.2) is 11.5 Å². The summed E-state index contributed by atoms with van der Waals surface area (Å²) >= 11 is 6.07. The number of carbonyl (C=O) groups excluding carboxylic acids is 1. The number of hydrogen-bond donors (Lipinski definition) is 0.